The van der Waals surface area contributed by atoms with Gasteiger partial charge in [-0.15, -0.1) is 0 Å². The molecule has 1 aliphatic rings. The number of benzene rings is 1. The predicted octanol–water partition coefficient (Wildman–Crippen LogP) is 2.49. The van der Waals surface area contributed by atoms with Crippen molar-refractivity contribution in [3.8, 4) is 5.75 Å². The predicted molar refractivity (Wildman–Crippen MR) is 77.8 cm³/mol. The quantitative estimate of drug-likeness (QED) is 0.794. The molecule has 106 valence electrons. The maximum absolute atomic E-state index is 9.32. The van der Waals surface area contributed by atoms with Crippen LogP contribution in [0.25, 0.3) is 0 Å². The monoisotopic (exact) mass is 263 g/mol. The van der Waals surface area contributed by atoms with E-state index >= 15 is 0 Å². The van der Waals surface area contributed by atoms with Crippen molar-refractivity contribution in [1.29, 1.82) is 0 Å². The van der Waals surface area contributed by atoms with E-state index in [1.54, 1.807) is 0 Å². The Hall–Kier alpha value is -1.06. The molecule has 1 unspecified atom stereocenters. The summed E-state index contributed by atoms with van der Waals surface area (Å²) in [4.78, 5) is 0. The molecular weight excluding hydrogens is 238 g/mol. The normalized spacial score (nSPS) is 16.4. The second-order valence-electron chi connectivity index (χ2n) is 5.66. The number of aliphatic hydroxyl groups is 1. The van der Waals surface area contributed by atoms with E-state index in [2.05, 4.69) is 38.2 Å². The molecule has 2 rings (SSSR count). The fourth-order valence-electron chi connectivity index (χ4n) is 2.27. The number of nitrogens with one attached hydrogen (secondary N) is 1. The Bertz CT molecular complexity index is 427. The summed E-state index contributed by atoms with van der Waals surface area (Å²) >= 11 is 0. The standard InChI is InChI=1S/C16H25NO2/c1-11-8-12(2)13(3)16(9-11)19-7-6-15(10-18)17-14-4-5-14/h8-9,14-15,17-18H,4-7,10H2,1-3H3. The van der Waals surface area contributed by atoms with Gasteiger partial charge in [-0.1, -0.05) is 6.07 Å². The van der Waals surface area contributed by atoms with Crippen molar-refractivity contribution in [1.82, 2.24) is 5.32 Å². The molecule has 1 saturated carbocycles. The summed E-state index contributed by atoms with van der Waals surface area (Å²) in [7, 11) is 0. The van der Waals surface area contributed by atoms with Gasteiger partial charge in [0.15, 0.2) is 0 Å². The zero-order valence-corrected chi connectivity index (χ0v) is 12.2. The molecule has 1 aromatic rings. The third-order valence-electron chi connectivity index (χ3n) is 3.76. The fourth-order valence-corrected chi connectivity index (χ4v) is 2.27. The van der Waals surface area contributed by atoms with Gasteiger partial charge in [-0.3, -0.25) is 0 Å². The van der Waals surface area contributed by atoms with Gasteiger partial charge in [0.05, 0.1) is 13.2 Å². The van der Waals surface area contributed by atoms with Gasteiger partial charge >= 0.3 is 0 Å². The third-order valence-corrected chi connectivity index (χ3v) is 3.76. The van der Waals surface area contributed by atoms with Crippen LogP contribution < -0.4 is 10.1 Å². The molecule has 0 spiro atoms. The highest BCUT2D eigenvalue weighted by Gasteiger charge is 2.24. The molecule has 1 fully saturated rings. The smallest absolute Gasteiger partial charge is 0.122 e. The van der Waals surface area contributed by atoms with Gasteiger partial charge < -0.3 is 15.2 Å². The fraction of sp³-hybridized carbons (Fsp3) is 0.625. The molecule has 0 aromatic heterocycles. The van der Waals surface area contributed by atoms with Gasteiger partial charge in [0, 0.05) is 12.1 Å². The average molecular weight is 263 g/mol. The van der Waals surface area contributed by atoms with Gasteiger partial charge in [0.2, 0.25) is 0 Å². The molecule has 0 bridgehead atoms. The Kier molecular flexibility index (Phi) is 4.83. The van der Waals surface area contributed by atoms with Crippen LogP contribution in [-0.2, 0) is 0 Å². The lowest BCUT2D eigenvalue weighted by Gasteiger charge is -2.17. The van der Waals surface area contributed by atoms with E-state index in [1.165, 1.54) is 29.5 Å². The molecule has 2 N–H and O–H groups in total. The van der Waals surface area contributed by atoms with Crippen LogP contribution in [0.3, 0.4) is 0 Å². The van der Waals surface area contributed by atoms with Crippen molar-refractivity contribution in [2.24, 2.45) is 0 Å². The Labute approximate surface area is 116 Å². The number of ether oxygens (including phenoxy) is 1. The molecule has 1 atom stereocenters. The summed E-state index contributed by atoms with van der Waals surface area (Å²) < 4.78 is 5.88. The van der Waals surface area contributed by atoms with Crippen molar-refractivity contribution in [2.75, 3.05) is 13.2 Å². The van der Waals surface area contributed by atoms with E-state index in [0.717, 1.165) is 12.2 Å². The van der Waals surface area contributed by atoms with E-state index in [9.17, 15) is 5.11 Å². The van der Waals surface area contributed by atoms with Crippen LogP contribution in [0.2, 0.25) is 0 Å². The zero-order valence-electron chi connectivity index (χ0n) is 12.2. The van der Waals surface area contributed by atoms with Crippen LogP contribution in [-0.4, -0.2) is 30.4 Å². The van der Waals surface area contributed by atoms with E-state index in [0.29, 0.717) is 12.6 Å². The molecule has 0 amide bonds. The minimum Gasteiger partial charge on any atom is -0.493 e. The van der Waals surface area contributed by atoms with Crippen LogP contribution in [0.5, 0.6) is 5.75 Å². The highest BCUT2D eigenvalue weighted by Crippen LogP contribution is 2.24. The molecule has 0 aliphatic heterocycles. The van der Waals surface area contributed by atoms with Crippen LogP contribution in [0, 0.1) is 20.8 Å². The van der Waals surface area contributed by atoms with Crippen molar-refractivity contribution in [3.05, 3.63) is 28.8 Å². The van der Waals surface area contributed by atoms with Crippen molar-refractivity contribution >= 4 is 0 Å². The first-order chi connectivity index (χ1) is 9.10. The Morgan fingerprint density at radius 3 is 2.68 bits per heavy atom. The highest BCUT2D eigenvalue weighted by atomic mass is 16.5. The van der Waals surface area contributed by atoms with Crippen LogP contribution in [0.4, 0.5) is 0 Å². The van der Waals surface area contributed by atoms with E-state index in [4.69, 9.17) is 4.74 Å². The van der Waals surface area contributed by atoms with E-state index in [1.807, 2.05) is 0 Å². The molecule has 19 heavy (non-hydrogen) atoms. The van der Waals surface area contributed by atoms with Crippen molar-refractivity contribution in [2.45, 2.75) is 52.1 Å². The number of aryl methyl sites for hydroxylation is 2. The number of rotatable bonds is 7. The van der Waals surface area contributed by atoms with E-state index < -0.39 is 0 Å². The maximum Gasteiger partial charge on any atom is 0.122 e. The largest absolute Gasteiger partial charge is 0.493 e. The van der Waals surface area contributed by atoms with Gasteiger partial charge in [-0.05, 0) is 62.8 Å². The maximum atomic E-state index is 9.32. The minimum absolute atomic E-state index is 0.165. The van der Waals surface area contributed by atoms with E-state index in [-0.39, 0.29) is 12.6 Å². The molecule has 0 heterocycles. The lowest BCUT2D eigenvalue weighted by molar-refractivity contribution is 0.207. The van der Waals surface area contributed by atoms with Gasteiger partial charge in [-0.25, -0.2) is 0 Å². The lowest BCUT2D eigenvalue weighted by Crippen LogP contribution is -2.35. The summed E-state index contributed by atoms with van der Waals surface area (Å²) in [5, 5.41) is 12.8. The Morgan fingerprint density at radius 1 is 1.32 bits per heavy atom. The van der Waals surface area contributed by atoms with Crippen LogP contribution in [0.15, 0.2) is 12.1 Å². The summed E-state index contributed by atoms with van der Waals surface area (Å²) in [6.45, 7) is 7.13. The SMILES string of the molecule is Cc1cc(C)c(C)c(OCCC(CO)NC2CC2)c1. The second kappa shape index (κ2) is 6.40. The molecule has 0 radical (unpaired) electrons. The lowest BCUT2D eigenvalue weighted by atomic mass is 10.1. The summed E-state index contributed by atoms with van der Waals surface area (Å²) in [5.41, 5.74) is 3.71. The average Bonchev–Trinajstić information content (AvgIpc) is 3.17. The van der Waals surface area contributed by atoms with Gasteiger partial charge in [0.25, 0.3) is 0 Å². The second-order valence-corrected chi connectivity index (χ2v) is 5.66. The van der Waals surface area contributed by atoms with Crippen LogP contribution >= 0.6 is 0 Å². The van der Waals surface area contributed by atoms with Crippen molar-refractivity contribution in [3.63, 3.8) is 0 Å². The molecule has 3 heteroatoms. The van der Waals surface area contributed by atoms with Crippen LogP contribution in [0.1, 0.15) is 36.0 Å². The highest BCUT2D eigenvalue weighted by molar-refractivity contribution is 5.41. The summed E-state index contributed by atoms with van der Waals surface area (Å²) in [6.07, 6.45) is 3.33. The summed E-state index contributed by atoms with van der Waals surface area (Å²) in [5.74, 6) is 0.973. The first-order valence-electron chi connectivity index (χ1n) is 7.17. The number of hydrogen-bond donors (Lipinski definition) is 2. The molecule has 3 nitrogen and oxygen atoms in total. The molecule has 1 aliphatic carbocycles. The topological polar surface area (TPSA) is 41.5 Å². The number of hydrogen-bond acceptors (Lipinski definition) is 3. The minimum atomic E-state index is 0.165. The molecular formula is C16H25NO2. The Morgan fingerprint density at radius 2 is 2.05 bits per heavy atom. The molecule has 1 aromatic carbocycles. The third kappa shape index (κ3) is 4.22. The Balaban J connectivity index is 1.84. The molecule has 0 saturated heterocycles. The van der Waals surface area contributed by atoms with Gasteiger partial charge in [-0.2, -0.15) is 0 Å². The zero-order chi connectivity index (χ0) is 13.8. The van der Waals surface area contributed by atoms with Gasteiger partial charge in [0.1, 0.15) is 5.75 Å². The first kappa shape index (κ1) is 14.4. The summed E-state index contributed by atoms with van der Waals surface area (Å²) in [6, 6.07) is 5.05. The van der Waals surface area contributed by atoms with Crippen molar-refractivity contribution < 1.29 is 9.84 Å². The number of aliphatic hydroxyl groups excluding tert-OH is 1. The first-order valence-corrected chi connectivity index (χ1v) is 7.17.